The fourth-order valence-corrected chi connectivity index (χ4v) is 2.81. The highest BCUT2D eigenvalue weighted by molar-refractivity contribution is 5.46. The Morgan fingerprint density at radius 2 is 2.25 bits per heavy atom. The standard InChI is InChI=1S/C16H27N3O/c1-4-13-12-20-10-9-19(13)14-7-8-16(18-11-14)15(5-2)17-6-3/h7-8,11,13,15,17H,4-6,9-10,12H2,1-3H3. The maximum absolute atomic E-state index is 5.56. The van der Waals surface area contributed by atoms with Gasteiger partial charge in [0, 0.05) is 12.6 Å². The summed E-state index contributed by atoms with van der Waals surface area (Å²) >= 11 is 0. The van der Waals surface area contributed by atoms with Crippen LogP contribution < -0.4 is 10.2 Å². The van der Waals surface area contributed by atoms with E-state index in [4.69, 9.17) is 4.74 Å². The highest BCUT2D eigenvalue weighted by Gasteiger charge is 2.22. The molecule has 4 heteroatoms. The maximum Gasteiger partial charge on any atom is 0.0670 e. The van der Waals surface area contributed by atoms with Crippen LogP contribution in [0.3, 0.4) is 0 Å². The van der Waals surface area contributed by atoms with E-state index in [1.165, 1.54) is 5.69 Å². The molecule has 1 fully saturated rings. The highest BCUT2D eigenvalue weighted by Crippen LogP contribution is 2.22. The summed E-state index contributed by atoms with van der Waals surface area (Å²) in [6.45, 7) is 10.1. The molecule has 0 aliphatic carbocycles. The molecule has 0 radical (unpaired) electrons. The Hall–Kier alpha value is -1.13. The van der Waals surface area contributed by atoms with Crippen LogP contribution in [0.1, 0.15) is 45.3 Å². The quantitative estimate of drug-likeness (QED) is 0.867. The fourth-order valence-electron chi connectivity index (χ4n) is 2.81. The van der Waals surface area contributed by atoms with Gasteiger partial charge in [-0.2, -0.15) is 0 Å². The van der Waals surface area contributed by atoms with Crippen LogP contribution in [0.4, 0.5) is 5.69 Å². The summed E-state index contributed by atoms with van der Waals surface area (Å²) in [4.78, 5) is 7.09. The van der Waals surface area contributed by atoms with Gasteiger partial charge < -0.3 is 15.0 Å². The zero-order valence-electron chi connectivity index (χ0n) is 12.9. The van der Waals surface area contributed by atoms with Crippen molar-refractivity contribution >= 4 is 5.69 Å². The van der Waals surface area contributed by atoms with Crippen molar-refractivity contribution in [2.24, 2.45) is 0 Å². The lowest BCUT2D eigenvalue weighted by Gasteiger charge is -2.36. The van der Waals surface area contributed by atoms with E-state index in [1.807, 2.05) is 6.20 Å². The number of ether oxygens (including phenoxy) is 1. The highest BCUT2D eigenvalue weighted by atomic mass is 16.5. The summed E-state index contributed by atoms with van der Waals surface area (Å²) in [6.07, 6.45) is 4.19. The third-order valence-electron chi connectivity index (χ3n) is 4.02. The molecule has 2 atom stereocenters. The number of nitrogens with zero attached hydrogens (tertiary/aromatic N) is 2. The average Bonchev–Trinajstić information content (AvgIpc) is 2.53. The molecule has 2 rings (SSSR count). The zero-order chi connectivity index (χ0) is 14.4. The van der Waals surface area contributed by atoms with Gasteiger partial charge in [0.2, 0.25) is 0 Å². The fraction of sp³-hybridized carbons (Fsp3) is 0.688. The lowest BCUT2D eigenvalue weighted by molar-refractivity contribution is 0.0929. The molecule has 0 spiro atoms. The molecule has 0 aromatic carbocycles. The Morgan fingerprint density at radius 1 is 1.40 bits per heavy atom. The predicted octanol–water partition coefficient (Wildman–Crippen LogP) is 2.76. The summed E-state index contributed by atoms with van der Waals surface area (Å²) in [5, 5.41) is 3.47. The van der Waals surface area contributed by atoms with Gasteiger partial charge in [0.15, 0.2) is 0 Å². The minimum atomic E-state index is 0.362. The van der Waals surface area contributed by atoms with Gasteiger partial charge in [0.1, 0.15) is 0 Å². The minimum absolute atomic E-state index is 0.362. The number of morpholine rings is 1. The van der Waals surface area contributed by atoms with Crippen LogP contribution in [-0.4, -0.2) is 37.3 Å². The average molecular weight is 277 g/mol. The van der Waals surface area contributed by atoms with Crippen LogP contribution in [0.25, 0.3) is 0 Å². The van der Waals surface area contributed by atoms with E-state index in [0.717, 1.165) is 44.8 Å². The SMILES string of the molecule is CCNC(CC)c1ccc(N2CCOCC2CC)cn1. The number of nitrogens with one attached hydrogen (secondary N) is 1. The third kappa shape index (κ3) is 3.49. The van der Waals surface area contributed by atoms with Crippen molar-refractivity contribution in [2.75, 3.05) is 31.2 Å². The molecule has 1 aromatic rings. The molecule has 1 aromatic heterocycles. The molecule has 1 aliphatic rings. The largest absolute Gasteiger partial charge is 0.377 e. The van der Waals surface area contributed by atoms with Gasteiger partial charge in [-0.3, -0.25) is 4.98 Å². The second-order valence-electron chi connectivity index (χ2n) is 5.29. The van der Waals surface area contributed by atoms with Crippen LogP contribution >= 0.6 is 0 Å². The van der Waals surface area contributed by atoms with Crippen LogP contribution in [-0.2, 0) is 4.74 Å². The number of hydrogen-bond acceptors (Lipinski definition) is 4. The van der Waals surface area contributed by atoms with E-state index in [1.54, 1.807) is 0 Å². The number of aromatic nitrogens is 1. The number of pyridine rings is 1. The molecule has 4 nitrogen and oxygen atoms in total. The van der Waals surface area contributed by atoms with Gasteiger partial charge in [-0.15, -0.1) is 0 Å². The molecule has 1 saturated heterocycles. The first-order chi connectivity index (χ1) is 9.80. The van der Waals surface area contributed by atoms with Crippen molar-refractivity contribution in [1.29, 1.82) is 0 Å². The van der Waals surface area contributed by atoms with Crippen LogP contribution in [0, 0.1) is 0 Å². The molecule has 112 valence electrons. The minimum Gasteiger partial charge on any atom is -0.377 e. The maximum atomic E-state index is 5.56. The second kappa shape index (κ2) is 7.60. The second-order valence-corrected chi connectivity index (χ2v) is 5.29. The van der Waals surface area contributed by atoms with E-state index in [0.29, 0.717) is 12.1 Å². The Bertz CT molecular complexity index is 393. The topological polar surface area (TPSA) is 37.4 Å². The van der Waals surface area contributed by atoms with Crippen molar-refractivity contribution in [3.63, 3.8) is 0 Å². The number of hydrogen-bond donors (Lipinski definition) is 1. The molecule has 1 N–H and O–H groups in total. The summed E-state index contributed by atoms with van der Waals surface area (Å²) in [5.41, 5.74) is 2.36. The predicted molar refractivity (Wildman–Crippen MR) is 83.2 cm³/mol. The summed E-state index contributed by atoms with van der Waals surface area (Å²) in [6, 6.07) is 5.21. The Kier molecular flexibility index (Phi) is 5.80. The Labute approximate surface area is 122 Å². The molecule has 2 heterocycles. The van der Waals surface area contributed by atoms with Crippen LogP contribution in [0.2, 0.25) is 0 Å². The van der Waals surface area contributed by atoms with E-state index in [2.05, 4.69) is 48.1 Å². The van der Waals surface area contributed by atoms with E-state index in [9.17, 15) is 0 Å². The molecular formula is C16H27N3O. The lowest BCUT2D eigenvalue weighted by Crippen LogP contribution is -2.45. The van der Waals surface area contributed by atoms with Gasteiger partial charge in [-0.1, -0.05) is 20.8 Å². The van der Waals surface area contributed by atoms with Crippen molar-refractivity contribution in [3.05, 3.63) is 24.0 Å². The normalized spacial score (nSPS) is 20.9. The first-order valence-electron chi connectivity index (χ1n) is 7.83. The molecule has 2 unspecified atom stereocenters. The molecular weight excluding hydrogens is 250 g/mol. The van der Waals surface area contributed by atoms with E-state index >= 15 is 0 Å². The summed E-state index contributed by atoms with van der Waals surface area (Å²) in [5.74, 6) is 0. The molecule has 0 saturated carbocycles. The van der Waals surface area contributed by atoms with Gasteiger partial charge in [-0.25, -0.2) is 0 Å². The van der Waals surface area contributed by atoms with Crippen molar-refractivity contribution < 1.29 is 4.74 Å². The van der Waals surface area contributed by atoms with Gasteiger partial charge in [-0.05, 0) is 31.5 Å². The monoisotopic (exact) mass is 277 g/mol. The first kappa shape index (κ1) is 15.3. The van der Waals surface area contributed by atoms with Gasteiger partial charge in [0.05, 0.1) is 36.8 Å². The third-order valence-corrected chi connectivity index (χ3v) is 4.02. The molecule has 1 aliphatic heterocycles. The number of rotatable bonds is 6. The van der Waals surface area contributed by atoms with E-state index in [-0.39, 0.29) is 0 Å². The summed E-state index contributed by atoms with van der Waals surface area (Å²) in [7, 11) is 0. The lowest BCUT2D eigenvalue weighted by atomic mass is 10.1. The summed E-state index contributed by atoms with van der Waals surface area (Å²) < 4.78 is 5.56. The first-order valence-corrected chi connectivity index (χ1v) is 7.83. The Balaban J connectivity index is 2.10. The van der Waals surface area contributed by atoms with Crippen molar-refractivity contribution in [1.82, 2.24) is 10.3 Å². The Morgan fingerprint density at radius 3 is 2.85 bits per heavy atom. The molecule has 0 bridgehead atoms. The van der Waals surface area contributed by atoms with Crippen molar-refractivity contribution in [3.8, 4) is 0 Å². The number of anilines is 1. The van der Waals surface area contributed by atoms with Crippen molar-refractivity contribution in [2.45, 2.75) is 45.7 Å². The smallest absolute Gasteiger partial charge is 0.0670 e. The van der Waals surface area contributed by atoms with Gasteiger partial charge >= 0.3 is 0 Å². The van der Waals surface area contributed by atoms with E-state index < -0.39 is 0 Å². The van der Waals surface area contributed by atoms with Crippen LogP contribution in [0.15, 0.2) is 18.3 Å². The molecule has 20 heavy (non-hydrogen) atoms. The van der Waals surface area contributed by atoms with Crippen LogP contribution in [0.5, 0.6) is 0 Å². The zero-order valence-corrected chi connectivity index (χ0v) is 12.9. The molecule has 0 amide bonds. The van der Waals surface area contributed by atoms with Gasteiger partial charge in [0.25, 0.3) is 0 Å².